The van der Waals surface area contributed by atoms with Crippen LogP contribution in [0, 0.1) is 0 Å². The van der Waals surface area contributed by atoms with Gasteiger partial charge in [-0.3, -0.25) is 4.79 Å². The molecule has 2 aromatic carbocycles. The first kappa shape index (κ1) is 18.1. The maximum absolute atomic E-state index is 12.4. The van der Waals surface area contributed by atoms with E-state index in [1.807, 2.05) is 42.5 Å². The molecule has 3 rings (SSSR count). The van der Waals surface area contributed by atoms with Crippen LogP contribution >= 0.6 is 11.6 Å². The van der Waals surface area contributed by atoms with Gasteiger partial charge in [-0.1, -0.05) is 54.1 Å². The highest BCUT2D eigenvalue weighted by Gasteiger charge is 2.17. The van der Waals surface area contributed by atoms with Gasteiger partial charge < -0.3 is 5.32 Å². The molecule has 0 radical (unpaired) electrons. The second-order valence-corrected chi connectivity index (χ2v) is 6.51. The van der Waals surface area contributed by atoms with Gasteiger partial charge >= 0.3 is 0 Å². The molecule has 0 aliphatic rings. The fourth-order valence-electron chi connectivity index (χ4n) is 2.80. The maximum Gasteiger partial charge on any atom is 0.220 e. The Bertz CT molecular complexity index is 806. The first-order valence-electron chi connectivity index (χ1n) is 8.47. The Hall–Kier alpha value is -2.73. The van der Waals surface area contributed by atoms with Gasteiger partial charge in [-0.15, -0.1) is 5.10 Å². The summed E-state index contributed by atoms with van der Waals surface area (Å²) in [6.07, 6.45) is 2.72. The van der Waals surface area contributed by atoms with Crippen molar-refractivity contribution >= 4 is 17.5 Å². The number of nitrogens with zero attached hydrogens (tertiary/aromatic N) is 4. The Balaban J connectivity index is 1.59. The van der Waals surface area contributed by atoms with Crippen molar-refractivity contribution in [3.05, 3.63) is 77.1 Å². The predicted molar refractivity (Wildman–Crippen MR) is 99.8 cm³/mol. The second-order valence-electron chi connectivity index (χ2n) is 6.07. The van der Waals surface area contributed by atoms with Crippen LogP contribution in [0.3, 0.4) is 0 Å². The van der Waals surface area contributed by atoms with Crippen LogP contribution < -0.4 is 5.32 Å². The van der Waals surface area contributed by atoms with Crippen molar-refractivity contribution in [2.45, 2.75) is 25.3 Å². The molecule has 0 aliphatic carbocycles. The Morgan fingerprint density at radius 1 is 1.12 bits per heavy atom. The van der Waals surface area contributed by atoms with E-state index in [-0.39, 0.29) is 11.8 Å². The van der Waals surface area contributed by atoms with Crippen LogP contribution in [0.2, 0.25) is 5.02 Å². The molecule has 0 aliphatic heterocycles. The van der Waals surface area contributed by atoms with E-state index < -0.39 is 0 Å². The first-order valence-corrected chi connectivity index (χ1v) is 8.85. The summed E-state index contributed by atoms with van der Waals surface area (Å²) in [6.45, 7) is 1.14. The number of carbonyl (C=O) groups is 1. The van der Waals surface area contributed by atoms with E-state index in [1.54, 1.807) is 11.0 Å². The van der Waals surface area contributed by atoms with E-state index in [1.165, 1.54) is 5.56 Å². The van der Waals surface area contributed by atoms with Crippen molar-refractivity contribution in [2.75, 3.05) is 6.54 Å². The van der Waals surface area contributed by atoms with E-state index in [0.29, 0.717) is 24.5 Å². The van der Waals surface area contributed by atoms with Crippen LogP contribution in [0.1, 0.15) is 23.5 Å². The molecule has 1 atom stereocenters. The number of nitrogens with one attached hydrogen (secondary N) is 1. The number of aromatic nitrogens is 4. The fraction of sp³-hybridized carbons (Fsp3) is 0.263. The Morgan fingerprint density at radius 3 is 2.58 bits per heavy atom. The van der Waals surface area contributed by atoms with Gasteiger partial charge in [0.2, 0.25) is 5.91 Å². The van der Waals surface area contributed by atoms with Gasteiger partial charge in [0.15, 0.2) is 0 Å². The molecule has 1 amide bonds. The van der Waals surface area contributed by atoms with Crippen molar-refractivity contribution in [1.29, 1.82) is 0 Å². The summed E-state index contributed by atoms with van der Waals surface area (Å²) in [5, 5.41) is 14.9. The van der Waals surface area contributed by atoms with E-state index in [2.05, 4.69) is 33.0 Å². The third kappa shape index (κ3) is 5.39. The quantitative estimate of drug-likeness (QED) is 0.662. The molecule has 0 saturated heterocycles. The van der Waals surface area contributed by atoms with Crippen LogP contribution in [0.5, 0.6) is 0 Å². The van der Waals surface area contributed by atoms with Crippen molar-refractivity contribution < 1.29 is 4.79 Å². The monoisotopic (exact) mass is 369 g/mol. The zero-order valence-corrected chi connectivity index (χ0v) is 15.0. The van der Waals surface area contributed by atoms with Crippen molar-refractivity contribution in [3.63, 3.8) is 0 Å². The maximum atomic E-state index is 12.4. The molecule has 1 unspecified atom stereocenters. The van der Waals surface area contributed by atoms with Gasteiger partial charge in [0, 0.05) is 23.9 Å². The molecule has 0 bridgehead atoms. The third-order valence-electron chi connectivity index (χ3n) is 4.15. The van der Waals surface area contributed by atoms with E-state index >= 15 is 0 Å². The number of carbonyl (C=O) groups excluding carboxylic acids is 1. The van der Waals surface area contributed by atoms with Gasteiger partial charge in [0.1, 0.15) is 6.33 Å². The van der Waals surface area contributed by atoms with Crippen molar-refractivity contribution in [3.8, 4) is 0 Å². The van der Waals surface area contributed by atoms with E-state index in [9.17, 15) is 4.79 Å². The molecule has 6 nitrogen and oxygen atoms in total. The average molecular weight is 370 g/mol. The lowest BCUT2D eigenvalue weighted by atomic mass is 9.95. The highest BCUT2D eigenvalue weighted by molar-refractivity contribution is 6.30. The lowest BCUT2D eigenvalue weighted by Crippen LogP contribution is -2.28. The minimum atomic E-state index is -0.0347. The summed E-state index contributed by atoms with van der Waals surface area (Å²) < 4.78 is 1.64. The number of hydrogen-bond acceptors (Lipinski definition) is 4. The number of benzene rings is 2. The summed E-state index contributed by atoms with van der Waals surface area (Å²) in [6, 6.07) is 17.6. The number of hydrogen-bond donors (Lipinski definition) is 1. The Kier molecular flexibility index (Phi) is 6.33. The molecule has 7 heteroatoms. The number of amides is 1. The lowest BCUT2D eigenvalue weighted by Gasteiger charge is -2.17. The molecule has 1 N–H and O–H groups in total. The van der Waals surface area contributed by atoms with Gasteiger partial charge in [-0.25, -0.2) is 4.68 Å². The minimum absolute atomic E-state index is 0.00829. The second kappa shape index (κ2) is 9.10. The Labute approximate surface area is 157 Å². The standard InChI is InChI=1S/C19H20ClN5O/c20-18-8-6-16(7-9-18)17(13-25-14-22-23-24-25)12-19(26)21-11-10-15-4-2-1-3-5-15/h1-9,14,17H,10-13H2,(H,21,26). The summed E-state index contributed by atoms with van der Waals surface area (Å²) in [7, 11) is 0. The zero-order valence-electron chi connectivity index (χ0n) is 14.3. The molecule has 1 heterocycles. The Morgan fingerprint density at radius 2 is 1.88 bits per heavy atom. The summed E-state index contributed by atoms with van der Waals surface area (Å²) in [5.74, 6) is -0.0264. The molecule has 1 aromatic heterocycles. The zero-order chi connectivity index (χ0) is 18.2. The number of halogens is 1. The van der Waals surface area contributed by atoms with Gasteiger partial charge in [0.25, 0.3) is 0 Å². The normalized spacial score (nSPS) is 11.9. The highest BCUT2D eigenvalue weighted by atomic mass is 35.5. The number of tetrazole rings is 1. The SMILES string of the molecule is O=C(CC(Cn1cnnn1)c1ccc(Cl)cc1)NCCc1ccccc1. The summed E-state index contributed by atoms with van der Waals surface area (Å²) in [5.41, 5.74) is 2.24. The van der Waals surface area contributed by atoms with Crippen LogP contribution in [0.4, 0.5) is 0 Å². The molecule has 26 heavy (non-hydrogen) atoms. The van der Waals surface area contributed by atoms with Crippen molar-refractivity contribution in [1.82, 2.24) is 25.5 Å². The molecule has 3 aromatic rings. The topological polar surface area (TPSA) is 72.7 Å². The average Bonchev–Trinajstić information content (AvgIpc) is 3.16. The fourth-order valence-corrected chi connectivity index (χ4v) is 2.93. The first-order chi connectivity index (χ1) is 12.7. The molecule has 0 saturated carbocycles. The van der Waals surface area contributed by atoms with Crippen LogP contribution in [0.25, 0.3) is 0 Å². The largest absolute Gasteiger partial charge is 0.356 e. The molecule has 0 spiro atoms. The van der Waals surface area contributed by atoms with Crippen molar-refractivity contribution in [2.24, 2.45) is 0 Å². The number of rotatable bonds is 8. The van der Waals surface area contributed by atoms with E-state index in [0.717, 1.165) is 12.0 Å². The molecule has 0 fully saturated rings. The predicted octanol–water partition coefficient (Wildman–Crippen LogP) is 2.86. The molecule has 134 valence electrons. The van der Waals surface area contributed by atoms with Crippen LogP contribution in [0.15, 0.2) is 60.9 Å². The smallest absolute Gasteiger partial charge is 0.220 e. The van der Waals surface area contributed by atoms with Gasteiger partial charge in [-0.2, -0.15) is 0 Å². The highest BCUT2D eigenvalue weighted by Crippen LogP contribution is 2.23. The van der Waals surface area contributed by atoms with Gasteiger partial charge in [-0.05, 0) is 40.1 Å². The molecular weight excluding hydrogens is 350 g/mol. The van der Waals surface area contributed by atoms with Crippen LogP contribution in [-0.4, -0.2) is 32.7 Å². The summed E-state index contributed by atoms with van der Waals surface area (Å²) >= 11 is 5.97. The van der Waals surface area contributed by atoms with E-state index in [4.69, 9.17) is 11.6 Å². The molecular formula is C19H20ClN5O. The van der Waals surface area contributed by atoms with Gasteiger partial charge in [0.05, 0.1) is 6.54 Å². The summed E-state index contributed by atoms with van der Waals surface area (Å²) in [4.78, 5) is 12.4. The van der Waals surface area contributed by atoms with Crippen LogP contribution in [-0.2, 0) is 17.8 Å². The third-order valence-corrected chi connectivity index (χ3v) is 4.40. The lowest BCUT2D eigenvalue weighted by molar-refractivity contribution is -0.121. The minimum Gasteiger partial charge on any atom is -0.356 e.